The number of nitrogens with two attached hydrogens (primary N) is 1. The first kappa shape index (κ1) is 18.3. The van der Waals surface area contributed by atoms with E-state index in [1.165, 1.54) is 4.31 Å². The Hall–Kier alpha value is -1.03. The maximum absolute atomic E-state index is 14.0. The van der Waals surface area contributed by atoms with Crippen LogP contribution in [0.15, 0.2) is 28.0 Å². The molecule has 1 aromatic carbocycles. The minimum Gasteiger partial charge on any atom is -0.329 e. The third-order valence-electron chi connectivity index (χ3n) is 4.22. The van der Waals surface area contributed by atoms with E-state index in [0.29, 0.717) is 13.0 Å². The molecule has 1 fully saturated rings. The summed E-state index contributed by atoms with van der Waals surface area (Å²) in [5.41, 5.74) is 5.71. The van der Waals surface area contributed by atoms with Crippen LogP contribution in [-0.2, 0) is 19.9 Å². The lowest BCUT2D eigenvalue weighted by molar-refractivity contribution is 0.192. The molecule has 0 spiro atoms. The van der Waals surface area contributed by atoms with E-state index in [2.05, 4.69) is 0 Å². The van der Waals surface area contributed by atoms with Crippen LogP contribution in [0.4, 0.5) is 4.39 Å². The Balaban J connectivity index is 2.46. The molecule has 0 aromatic heterocycles. The Morgan fingerprint density at radius 3 is 2.48 bits per heavy atom. The largest absolute Gasteiger partial charge is 0.329 e. The summed E-state index contributed by atoms with van der Waals surface area (Å²) in [6.07, 6.45) is 2.46. The zero-order valence-electron chi connectivity index (χ0n) is 13.1. The fourth-order valence-corrected chi connectivity index (χ4v) is 5.45. The number of piperidine rings is 1. The number of nitrogens with zero attached hydrogens (tertiary/aromatic N) is 1. The smallest absolute Gasteiger partial charge is 0.243 e. The lowest BCUT2D eigenvalue weighted by Crippen LogP contribution is -2.51. The SMILES string of the molecule is C[C@@H]1CCCN(S(=O)(=O)c2ccc(S(C)(=O)=O)c(F)c2)[C@@H]1CN. The van der Waals surface area contributed by atoms with Gasteiger partial charge in [-0.3, -0.25) is 0 Å². The molecular formula is C14H21FN2O4S2. The van der Waals surface area contributed by atoms with Crippen molar-refractivity contribution in [3.8, 4) is 0 Å². The van der Waals surface area contributed by atoms with Crippen molar-refractivity contribution in [3.05, 3.63) is 24.0 Å². The topological polar surface area (TPSA) is 97.5 Å². The number of hydrogen-bond donors (Lipinski definition) is 1. The molecule has 1 aromatic rings. The van der Waals surface area contributed by atoms with E-state index >= 15 is 0 Å². The van der Waals surface area contributed by atoms with Gasteiger partial charge in [0.1, 0.15) is 10.7 Å². The molecule has 2 N–H and O–H groups in total. The van der Waals surface area contributed by atoms with Crippen molar-refractivity contribution in [1.82, 2.24) is 4.31 Å². The third kappa shape index (κ3) is 3.57. The highest BCUT2D eigenvalue weighted by Gasteiger charge is 2.36. The maximum Gasteiger partial charge on any atom is 0.243 e. The second-order valence-electron chi connectivity index (χ2n) is 5.90. The molecule has 1 aliphatic rings. The van der Waals surface area contributed by atoms with Crippen molar-refractivity contribution in [1.29, 1.82) is 0 Å². The molecular weight excluding hydrogens is 343 g/mol. The highest BCUT2D eigenvalue weighted by atomic mass is 32.2. The van der Waals surface area contributed by atoms with E-state index in [1.54, 1.807) is 0 Å². The Labute approximate surface area is 136 Å². The molecule has 1 aliphatic heterocycles. The number of sulfone groups is 1. The van der Waals surface area contributed by atoms with Gasteiger partial charge in [-0.15, -0.1) is 0 Å². The van der Waals surface area contributed by atoms with Gasteiger partial charge in [0.2, 0.25) is 10.0 Å². The first-order chi connectivity index (χ1) is 10.6. The lowest BCUT2D eigenvalue weighted by Gasteiger charge is -2.38. The number of halogens is 1. The number of hydrogen-bond acceptors (Lipinski definition) is 5. The summed E-state index contributed by atoms with van der Waals surface area (Å²) in [4.78, 5) is -0.770. The zero-order chi connectivity index (χ0) is 17.4. The molecule has 9 heteroatoms. The van der Waals surface area contributed by atoms with Crippen molar-refractivity contribution in [2.75, 3.05) is 19.3 Å². The van der Waals surface area contributed by atoms with Gasteiger partial charge in [0.15, 0.2) is 9.84 Å². The summed E-state index contributed by atoms with van der Waals surface area (Å²) in [7, 11) is -7.67. The van der Waals surface area contributed by atoms with Gasteiger partial charge < -0.3 is 5.73 Å². The summed E-state index contributed by atoms with van der Waals surface area (Å²) >= 11 is 0. The van der Waals surface area contributed by atoms with Gasteiger partial charge in [-0.2, -0.15) is 4.31 Å². The van der Waals surface area contributed by atoms with Crippen LogP contribution in [0, 0.1) is 11.7 Å². The van der Waals surface area contributed by atoms with E-state index in [1.807, 2.05) is 6.92 Å². The maximum atomic E-state index is 14.0. The Bertz CT molecular complexity index is 793. The molecule has 2 atom stereocenters. The zero-order valence-corrected chi connectivity index (χ0v) is 14.7. The van der Waals surface area contributed by atoms with Crippen LogP contribution in [0.2, 0.25) is 0 Å². The van der Waals surface area contributed by atoms with Gasteiger partial charge in [0.25, 0.3) is 0 Å². The highest BCUT2D eigenvalue weighted by molar-refractivity contribution is 7.90. The van der Waals surface area contributed by atoms with Crippen LogP contribution >= 0.6 is 0 Å². The van der Waals surface area contributed by atoms with Gasteiger partial charge >= 0.3 is 0 Å². The summed E-state index contributed by atoms with van der Waals surface area (Å²) in [5.74, 6) is -0.952. The van der Waals surface area contributed by atoms with Crippen molar-refractivity contribution in [2.24, 2.45) is 11.7 Å². The second-order valence-corrected chi connectivity index (χ2v) is 9.78. The highest BCUT2D eigenvalue weighted by Crippen LogP contribution is 2.29. The quantitative estimate of drug-likeness (QED) is 0.859. The van der Waals surface area contributed by atoms with Gasteiger partial charge in [0, 0.05) is 25.4 Å². The standard InChI is InChI=1S/C14H21FN2O4S2/c1-10-4-3-7-17(13(10)9-16)23(20,21)11-5-6-14(12(15)8-11)22(2,18)19/h5-6,8,10,13H,3-4,7,9,16H2,1-2H3/t10-,13-/m1/s1. The number of benzene rings is 1. The summed E-state index contributed by atoms with van der Waals surface area (Å²) in [6, 6.07) is 2.54. The predicted octanol–water partition coefficient (Wildman–Crippen LogP) is 0.977. The average molecular weight is 364 g/mol. The molecule has 0 saturated carbocycles. The third-order valence-corrected chi connectivity index (χ3v) is 7.27. The molecule has 130 valence electrons. The molecule has 0 radical (unpaired) electrons. The number of sulfonamides is 1. The molecule has 0 unspecified atom stereocenters. The molecule has 1 saturated heterocycles. The molecule has 2 rings (SSSR count). The van der Waals surface area contributed by atoms with Crippen LogP contribution in [0.5, 0.6) is 0 Å². The lowest BCUT2D eigenvalue weighted by atomic mass is 9.93. The van der Waals surface area contributed by atoms with Crippen molar-refractivity contribution in [2.45, 2.75) is 35.6 Å². The summed E-state index contributed by atoms with van der Waals surface area (Å²) in [6.45, 7) is 2.45. The molecule has 0 aliphatic carbocycles. The first-order valence-corrected chi connectivity index (χ1v) is 10.6. The van der Waals surface area contributed by atoms with Gasteiger partial charge in [-0.05, 0) is 37.0 Å². The average Bonchev–Trinajstić information content (AvgIpc) is 2.45. The fourth-order valence-electron chi connectivity index (χ4n) is 2.94. The fraction of sp³-hybridized carbons (Fsp3) is 0.571. The van der Waals surface area contributed by atoms with Crippen LogP contribution in [-0.4, -0.2) is 46.5 Å². The van der Waals surface area contributed by atoms with Crippen LogP contribution < -0.4 is 5.73 Å². The Morgan fingerprint density at radius 1 is 1.30 bits per heavy atom. The van der Waals surface area contributed by atoms with Crippen LogP contribution in [0.25, 0.3) is 0 Å². The molecule has 1 heterocycles. The molecule has 23 heavy (non-hydrogen) atoms. The first-order valence-electron chi connectivity index (χ1n) is 7.30. The minimum absolute atomic E-state index is 0.115. The summed E-state index contributed by atoms with van der Waals surface area (Å²) in [5, 5.41) is 0. The van der Waals surface area contributed by atoms with Gasteiger partial charge in [-0.25, -0.2) is 21.2 Å². The normalized spacial score (nSPS) is 23.8. The molecule has 6 nitrogen and oxygen atoms in total. The van der Waals surface area contributed by atoms with Crippen molar-refractivity contribution < 1.29 is 21.2 Å². The van der Waals surface area contributed by atoms with Crippen LogP contribution in [0.1, 0.15) is 19.8 Å². The van der Waals surface area contributed by atoms with E-state index in [-0.39, 0.29) is 23.4 Å². The second kappa shape index (κ2) is 6.46. The van der Waals surface area contributed by atoms with Crippen LogP contribution in [0.3, 0.4) is 0 Å². The van der Waals surface area contributed by atoms with E-state index in [0.717, 1.165) is 30.9 Å². The Kier molecular flexibility index (Phi) is 5.15. The van der Waals surface area contributed by atoms with Crippen molar-refractivity contribution in [3.63, 3.8) is 0 Å². The minimum atomic E-state index is -3.92. The monoisotopic (exact) mass is 364 g/mol. The van der Waals surface area contributed by atoms with E-state index in [4.69, 9.17) is 5.73 Å². The molecule has 0 bridgehead atoms. The van der Waals surface area contributed by atoms with E-state index < -0.39 is 30.6 Å². The predicted molar refractivity (Wildman–Crippen MR) is 84.6 cm³/mol. The van der Waals surface area contributed by atoms with E-state index in [9.17, 15) is 21.2 Å². The Morgan fingerprint density at radius 2 is 1.96 bits per heavy atom. The van der Waals surface area contributed by atoms with Crippen molar-refractivity contribution >= 4 is 19.9 Å². The van der Waals surface area contributed by atoms with Gasteiger partial charge in [-0.1, -0.05) is 6.92 Å². The van der Waals surface area contributed by atoms with Gasteiger partial charge in [0.05, 0.1) is 4.90 Å². The number of rotatable bonds is 4. The molecule has 0 amide bonds. The summed E-state index contributed by atoms with van der Waals surface area (Å²) < 4.78 is 63.7.